The Kier molecular flexibility index (Phi) is 7.63. The van der Waals surface area contributed by atoms with E-state index in [1.807, 2.05) is 18.2 Å². The van der Waals surface area contributed by atoms with Crippen molar-refractivity contribution in [2.24, 2.45) is 0 Å². The molecule has 2 unspecified atom stereocenters. The van der Waals surface area contributed by atoms with Gasteiger partial charge in [0.1, 0.15) is 6.04 Å². The molecule has 3 rings (SSSR count). The molecule has 4 nitrogen and oxygen atoms in total. The Morgan fingerprint density at radius 3 is 2.00 bits per heavy atom. The third-order valence-corrected chi connectivity index (χ3v) is 5.78. The van der Waals surface area contributed by atoms with Gasteiger partial charge >= 0.3 is 0 Å². The Bertz CT molecular complexity index is 709. The van der Waals surface area contributed by atoms with Crippen molar-refractivity contribution in [1.82, 2.24) is 15.1 Å². The van der Waals surface area contributed by atoms with Crippen molar-refractivity contribution >= 4 is 5.91 Å². The van der Waals surface area contributed by atoms with E-state index >= 15 is 0 Å². The highest BCUT2D eigenvalue weighted by molar-refractivity contribution is 5.83. The lowest BCUT2D eigenvalue weighted by Crippen LogP contribution is -2.43. The van der Waals surface area contributed by atoms with Crippen LogP contribution in [0.25, 0.3) is 0 Å². The average molecular weight is 380 g/mol. The van der Waals surface area contributed by atoms with E-state index in [1.165, 1.54) is 18.4 Å². The van der Waals surface area contributed by atoms with Crippen LogP contribution in [0.15, 0.2) is 60.7 Å². The molecular weight excluding hydrogens is 346 g/mol. The fraction of sp³-hybridized carbons (Fsp3) is 0.458. The molecule has 1 heterocycles. The molecule has 1 amide bonds. The molecule has 0 saturated carbocycles. The van der Waals surface area contributed by atoms with Gasteiger partial charge in [0, 0.05) is 6.54 Å². The van der Waals surface area contributed by atoms with E-state index in [0.29, 0.717) is 6.54 Å². The molecule has 0 bridgehead atoms. The standard InChI is InChI=1S/C24H33N3O/c1-3-26(4-2)23(21-15-9-6-10-16-21)24(28)25-19-22(27-17-11-12-18-27)20-13-7-5-8-14-20/h5-10,13-16,22-23H,3-4,11-12,17-19H2,1-2H3,(H,25,28). The summed E-state index contributed by atoms with van der Waals surface area (Å²) in [5.41, 5.74) is 2.34. The van der Waals surface area contributed by atoms with Crippen molar-refractivity contribution in [3.8, 4) is 0 Å². The number of hydrogen-bond acceptors (Lipinski definition) is 3. The summed E-state index contributed by atoms with van der Waals surface area (Å²) in [4.78, 5) is 18.0. The number of rotatable bonds is 9. The first kappa shape index (κ1) is 20.6. The summed E-state index contributed by atoms with van der Waals surface area (Å²) < 4.78 is 0. The molecule has 0 radical (unpaired) electrons. The lowest BCUT2D eigenvalue weighted by Gasteiger charge is -2.32. The third-order valence-electron chi connectivity index (χ3n) is 5.78. The molecule has 0 spiro atoms. The minimum Gasteiger partial charge on any atom is -0.353 e. The number of hydrogen-bond donors (Lipinski definition) is 1. The Morgan fingerprint density at radius 1 is 0.929 bits per heavy atom. The Morgan fingerprint density at radius 2 is 1.46 bits per heavy atom. The van der Waals surface area contributed by atoms with Gasteiger partial charge in [0.25, 0.3) is 0 Å². The van der Waals surface area contributed by atoms with Crippen molar-refractivity contribution in [3.05, 3.63) is 71.8 Å². The summed E-state index contributed by atoms with van der Waals surface area (Å²) in [6, 6.07) is 20.7. The van der Waals surface area contributed by atoms with Crippen LogP contribution in [0, 0.1) is 0 Å². The number of likely N-dealkylation sites (tertiary alicyclic amines) is 1. The number of nitrogens with zero attached hydrogens (tertiary/aromatic N) is 2. The van der Waals surface area contributed by atoms with Crippen molar-refractivity contribution in [1.29, 1.82) is 0 Å². The summed E-state index contributed by atoms with van der Waals surface area (Å²) in [6.45, 7) is 8.78. The van der Waals surface area contributed by atoms with Crippen LogP contribution in [0.5, 0.6) is 0 Å². The maximum absolute atomic E-state index is 13.3. The number of amides is 1. The number of carbonyl (C=O) groups excluding carboxylic acids is 1. The van der Waals surface area contributed by atoms with Crippen LogP contribution in [0.4, 0.5) is 0 Å². The van der Waals surface area contributed by atoms with E-state index in [1.54, 1.807) is 0 Å². The molecule has 2 atom stereocenters. The number of nitrogens with one attached hydrogen (secondary N) is 1. The predicted molar refractivity (Wildman–Crippen MR) is 115 cm³/mol. The van der Waals surface area contributed by atoms with Gasteiger partial charge in [-0.1, -0.05) is 74.5 Å². The molecule has 1 saturated heterocycles. The Hall–Kier alpha value is -2.17. The number of likely N-dealkylation sites (N-methyl/N-ethyl adjacent to an activating group) is 1. The monoisotopic (exact) mass is 379 g/mol. The second kappa shape index (κ2) is 10.4. The Labute approximate surface area is 169 Å². The van der Waals surface area contributed by atoms with Gasteiger partial charge in [-0.15, -0.1) is 0 Å². The lowest BCUT2D eigenvalue weighted by molar-refractivity contribution is -0.126. The SMILES string of the molecule is CCN(CC)C(C(=O)NCC(c1ccccc1)N1CCCC1)c1ccccc1. The minimum atomic E-state index is -0.244. The minimum absolute atomic E-state index is 0.0926. The largest absolute Gasteiger partial charge is 0.353 e. The van der Waals surface area contributed by atoms with E-state index in [2.05, 4.69) is 71.4 Å². The molecule has 2 aromatic rings. The van der Waals surface area contributed by atoms with E-state index in [0.717, 1.165) is 31.7 Å². The van der Waals surface area contributed by atoms with E-state index in [4.69, 9.17) is 0 Å². The van der Waals surface area contributed by atoms with Gasteiger partial charge in [0.15, 0.2) is 0 Å². The fourth-order valence-electron chi connectivity index (χ4n) is 4.23. The predicted octanol–water partition coefficient (Wildman–Crippen LogP) is 4.02. The first-order valence-electron chi connectivity index (χ1n) is 10.6. The van der Waals surface area contributed by atoms with Crippen LogP contribution in [0.3, 0.4) is 0 Å². The average Bonchev–Trinajstić information content (AvgIpc) is 3.28. The summed E-state index contributed by atoms with van der Waals surface area (Å²) in [7, 11) is 0. The highest BCUT2D eigenvalue weighted by Crippen LogP contribution is 2.25. The van der Waals surface area contributed by atoms with Crippen LogP contribution in [0.2, 0.25) is 0 Å². The smallest absolute Gasteiger partial charge is 0.242 e. The number of benzene rings is 2. The normalized spacial score (nSPS) is 16.8. The van der Waals surface area contributed by atoms with E-state index in [-0.39, 0.29) is 18.0 Å². The second-order valence-electron chi connectivity index (χ2n) is 7.45. The lowest BCUT2D eigenvalue weighted by atomic mass is 10.0. The van der Waals surface area contributed by atoms with Crippen molar-refractivity contribution in [3.63, 3.8) is 0 Å². The van der Waals surface area contributed by atoms with Crippen LogP contribution < -0.4 is 5.32 Å². The summed E-state index contributed by atoms with van der Waals surface area (Å²) in [6.07, 6.45) is 2.48. The molecule has 4 heteroatoms. The van der Waals surface area contributed by atoms with Gasteiger partial charge in [-0.2, -0.15) is 0 Å². The fourth-order valence-corrected chi connectivity index (χ4v) is 4.23. The molecule has 1 N–H and O–H groups in total. The molecule has 0 aliphatic carbocycles. The third kappa shape index (κ3) is 5.00. The summed E-state index contributed by atoms with van der Waals surface area (Å²) >= 11 is 0. The maximum atomic E-state index is 13.3. The van der Waals surface area contributed by atoms with Gasteiger partial charge < -0.3 is 5.32 Å². The maximum Gasteiger partial charge on any atom is 0.242 e. The zero-order valence-corrected chi connectivity index (χ0v) is 17.2. The summed E-state index contributed by atoms with van der Waals surface area (Å²) in [5, 5.41) is 3.28. The summed E-state index contributed by atoms with van der Waals surface area (Å²) in [5.74, 6) is 0.0926. The second-order valence-corrected chi connectivity index (χ2v) is 7.45. The van der Waals surface area contributed by atoms with Gasteiger partial charge in [-0.25, -0.2) is 0 Å². The van der Waals surface area contributed by atoms with Crippen LogP contribution in [0.1, 0.15) is 49.9 Å². The first-order chi connectivity index (χ1) is 13.7. The quantitative estimate of drug-likeness (QED) is 0.715. The van der Waals surface area contributed by atoms with Gasteiger partial charge in [0.2, 0.25) is 5.91 Å². The topological polar surface area (TPSA) is 35.6 Å². The van der Waals surface area contributed by atoms with Gasteiger partial charge in [-0.05, 0) is 50.1 Å². The molecule has 1 fully saturated rings. The van der Waals surface area contributed by atoms with Crippen LogP contribution in [-0.4, -0.2) is 48.4 Å². The van der Waals surface area contributed by atoms with E-state index < -0.39 is 0 Å². The highest BCUT2D eigenvalue weighted by atomic mass is 16.2. The molecule has 0 aromatic heterocycles. The molecule has 1 aliphatic heterocycles. The Balaban J connectivity index is 1.76. The molecule has 2 aromatic carbocycles. The molecular formula is C24H33N3O. The molecule has 150 valence electrons. The molecule has 1 aliphatic rings. The van der Waals surface area contributed by atoms with Crippen molar-refractivity contribution < 1.29 is 4.79 Å². The zero-order chi connectivity index (χ0) is 19.8. The van der Waals surface area contributed by atoms with Crippen LogP contribution >= 0.6 is 0 Å². The van der Waals surface area contributed by atoms with Crippen molar-refractivity contribution in [2.75, 3.05) is 32.7 Å². The first-order valence-corrected chi connectivity index (χ1v) is 10.6. The van der Waals surface area contributed by atoms with Gasteiger partial charge in [0.05, 0.1) is 6.04 Å². The van der Waals surface area contributed by atoms with E-state index in [9.17, 15) is 4.79 Å². The zero-order valence-electron chi connectivity index (χ0n) is 17.2. The van der Waals surface area contributed by atoms with Crippen LogP contribution in [-0.2, 0) is 4.79 Å². The molecule has 28 heavy (non-hydrogen) atoms. The highest BCUT2D eigenvalue weighted by Gasteiger charge is 2.28. The van der Waals surface area contributed by atoms with Crippen molar-refractivity contribution in [2.45, 2.75) is 38.8 Å². The number of carbonyl (C=O) groups is 1. The van der Waals surface area contributed by atoms with Gasteiger partial charge in [-0.3, -0.25) is 14.6 Å².